The quantitative estimate of drug-likeness (QED) is 0.226. The van der Waals surface area contributed by atoms with E-state index in [9.17, 15) is 19.2 Å². The molecule has 1 aromatic rings. The molecule has 1 atom stereocenters. The largest absolute Gasteiger partial charge is 0.513 e. The Morgan fingerprint density at radius 1 is 0.838 bits per heavy atom. The lowest BCUT2D eigenvalue weighted by Gasteiger charge is -2.27. The van der Waals surface area contributed by atoms with Crippen LogP contribution in [0, 0.1) is 17.8 Å². The molecule has 0 amide bonds. The standard InChI is InChI=1S/C26H39NO10/c1-16(2)14-34-24(30)36-20-9-8-19(12-21(20)37-25(31)35-15-17(3)4)13-26(27,23(29)32-7)10-11-33-22(28)18(5)6/h8-9,12,16-18H,10-11,13-15,27H2,1-7H3. The number of carbonyl (C=O) groups is 4. The summed E-state index contributed by atoms with van der Waals surface area (Å²) in [6.07, 6.45) is -2.06. The number of hydrogen-bond donors (Lipinski definition) is 1. The van der Waals surface area contributed by atoms with Gasteiger partial charge in [0.1, 0.15) is 5.54 Å². The van der Waals surface area contributed by atoms with E-state index < -0.39 is 29.8 Å². The second kappa shape index (κ2) is 15.0. The zero-order valence-corrected chi connectivity index (χ0v) is 22.7. The van der Waals surface area contributed by atoms with Crippen LogP contribution in [0.2, 0.25) is 0 Å². The fourth-order valence-corrected chi connectivity index (χ4v) is 2.86. The van der Waals surface area contributed by atoms with Crippen LogP contribution in [-0.4, -0.2) is 56.7 Å². The van der Waals surface area contributed by atoms with Crippen molar-refractivity contribution in [3.8, 4) is 11.5 Å². The monoisotopic (exact) mass is 525 g/mol. The molecule has 0 radical (unpaired) electrons. The highest BCUT2D eigenvalue weighted by Crippen LogP contribution is 2.31. The Morgan fingerprint density at radius 3 is 1.86 bits per heavy atom. The SMILES string of the molecule is COC(=O)C(N)(CCOC(=O)C(C)C)Cc1ccc(OC(=O)OCC(C)C)c(OC(=O)OCC(C)C)c1. The first-order valence-electron chi connectivity index (χ1n) is 12.1. The van der Waals surface area contributed by atoms with Crippen molar-refractivity contribution in [2.45, 2.75) is 59.9 Å². The topological polar surface area (TPSA) is 150 Å². The smallest absolute Gasteiger partial charge is 0.468 e. The van der Waals surface area contributed by atoms with Crippen LogP contribution < -0.4 is 15.2 Å². The minimum absolute atomic E-state index is 0.0233. The fourth-order valence-electron chi connectivity index (χ4n) is 2.86. The van der Waals surface area contributed by atoms with Gasteiger partial charge in [0.05, 0.1) is 32.8 Å². The summed E-state index contributed by atoms with van der Waals surface area (Å²) in [7, 11) is 1.20. The molecule has 11 heteroatoms. The molecule has 0 fully saturated rings. The van der Waals surface area contributed by atoms with Crippen LogP contribution in [0.25, 0.3) is 0 Å². The Bertz CT molecular complexity index is 928. The summed E-state index contributed by atoms with van der Waals surface area (Å²) in [5, 5.41) is 0. The van der Waals surface area contributed by atoms with Gasteiger partial charge in [-0.2, -0.15) is 0 Å². The highest BCUT2D eigenvalue weighted by atomic mass is 16.7. The van der Waals surface area contributed by atoms with Crippen molar-refractivity contribution in [2.75, 3.05) is 26.9 Å². The second-order valence-corrected chi connectivity index (χ2v) is 9.79. The number of rotatable bonds is 13. The zero-order valence-electron chi connectivity index (χ0n) is 22.7. The Morgan fingerprint density at radius 2 is 1.38 bits per heavy atom. The third-order valence-corrected chi connectivity index (χ3v) is 4.84. The van der Waals surface area contributed by atoms with E-state index >= 15 is 0 Å². The van der Waals surface area contributed by atoms with Crippen LogP contribution in [0.1, 0.15) is 53.5 Å². The molecule has 1 rings (SSSR count). The molecule has 2 N–H and O–H groups in total. The average Bonchev–Trinajstić information content (AvgIpc) is 2.82. The summed E-state index contributed by atoms with van der Waals surface area (Å²) in [6, 6.07) is 4.32. The summed E-state index contributed by atoms with van der Waals surface area (Å²) < 4.78 is 30.6. The number of benzene rings is 1. The number of nitrogens with two attached hydrogens (primary N) is 1. The number of ether oxygens (including phenoxy) is 6. The molecule has 0 saturated heterocycles. The van der Waals surface area contributed by atoms with Crippen LogP contribution in [0.15, 0.2) is 18.2 Å². The molecular weight excluding hydrogens is 486 g/mol. The normalized spacial score (nSPS) is 12.6. The summed E-state index contributed by atoms with van der Waals surface area (Å²) >= 11 is 0. The van der Waals surface area contributed by atoms with Gasteiger partial charge in [0.25, 0.3) is 0 Å². The van der Waals surface area contributed by atoms with Gasteiger partial charge in [-0.05, 0) is 29.5 Å². The van der Waals surface area contributed by atoms with Gasteiger partial charge in [-0.1, -0.05) is 47.6 Å². The minimum Gasteiger partial charge on any atom is -0.468 e. The van der Waals surface area contributed by atoms with Crippen molar-refractivity contribution in [1.29, 1.82) is 0 Å². The van der Waals surface area contributed by atoms with Gasteiger partial charge in [-0.3, -0.25) is 9.59 Å². The molecule has 0 aliphatic rings. The van der Waals surface area contributed by atoms with Crippen molar-refractivity contribution in [2.24, 2.45) is 23.5 Å². The predicted molar refractivity (Wildman–Crippen MR) is 133 cm³/mol. The van der Waals surface area contributed by atoms with Gasteiger partial charge in [0.2, 0.25) is 0 Å². The summed E-state index contributed by atoms with van der Waals surface area (Å²) in [5.41, 5.74) is 5.26. The molecule has 208 valence electrons. The van der Waals surface area contributed by atoms with Crippen LogP contribution in [-0.2, 0) is 35.0 Å². The van der Waals surface area contributed by atoms with Crippen LogP contribution >= 0.6 is 0 Å². The number of esters is 2. The summed E-state index contributed by atoms with van der Waals surface area (Å²) in [5.74, 6) is -1.54. The van der Waals surface area contributed by atoms with Gasteiger partial charge in [-0.15, -0.1) is 0 Å². The first-order chi connectivity index (χ1) is 17.3. The highest BCUT2D eigenvalue weighted by molar-refractivity contribution is 5.81. The lowest BCUT2D eigenvalue weighted by atomic mass is 9.88. The van der Waals surface area contributed by atoms with E-state index in [1.165, 1.54) is 19.2 Å². The number of hydrogen-bond acceptors (Lipinski definition) is 11. The van der Waals surface area contributed by atoms with Crippen LogP contribution in [0.5, 0.6) is 11.5 Å². The third-order valence-electron chi connectivity index (χ3n) is 4.84. The van der Waals surface area contributed by atoms with Crippen LogP contribution in [0.3, 0.4) is 0 Å². The van der Waals surface area contributed by atoms with Gasteiger partial charge in [-0.25, -0.2) is 9.59 Å². The lowest BCUT2D eigenvalue weighted by molar-refractivity contribution is -0.152. The van der Waals surface area contributed by atoms with Crippen molar-refractivity contribution < 1.29 is 47.6 Å². The van der Waals surface area contributed by atoms with Gasteiger partial charge in [0, 0.05) is 12.8 Å². The molecule has 37 heavy (non-hydrogen) atoms. The van der Waals surface area contributed by atoms with Gasteiger partial charge >= 0.3 is 24.2 Å². The van der Waals surface area contributed by atoms with E-state index in [1.807, 2.05) is 27.7 Å². The Balaban J connectivity index is 3.17. The maximum atomic E-state index is 12.5. The first-order valence-corrected chi connectivity index (χ1v) is 12.1. The number of carbonyl (C=O) groups excluding carboxylic acids is 4. The van der Waals surface area contributed by atoms with Crippen LogP contribution in [0.4, 0.5) is 9.59 Å². The molecule has 0 saturated carbocycles. The average molecular weight is 526 g/mol. The molecule has 0 aromatic heterocycles. The number of methoxy groups -OCH3 is 1. The molecule has 1 unspecified atom stereocenters. The third kappa shape index (κ3) is 11.5. The molecule has 1 aromatic carbocycles. The predicted octanol–water partition coefficient (Wildman–Crippen LogP) is 4.03. The van der Waals surface area contributed by atoms with E-state index in [0.29, 0.717) is 5.56 Å². The molecule has 0 heterocycles. The molecular formula is C26H39NO10. The maximum absolute atomic E-state index is 12.5. The van der Waals surface area contributed by atoms with Gasteiger partial charge < -0.3 is 34.2 Å². The Labute approximate surface area is 217 Å². The molecule has 0 spiro atoms. The van der Waals surface area contributed by atoms with E-state index in [0.717, 1.165) is 0 Å². The molecule has 0 aliphatic carbocycles. The second-order valence-electron chi connectivity index (χ2n) is 9.79. The van der Waals surface area contributed by atoms with E-state index in [-0.39, 0.29) is 61.9 Å². The maximum Gasteiger partial charge on any atom is 0.513 e. The Kier molecular flexibility index (Phi) is 12.9. The van der Waals surface area contributed by atoms with Gasteiger partial charge in [0.15, 0.2) is 11.5 Å². The Hall–Kier alpha value is -3.34. The van der Waals surface area contributed by atoms with Crippen molar-refractivity contribution in [1.82, 2.24) is 0 Å². The lowest BCUT2D eigenvalue weighted by Crippen LogP contribution is -2.51. The van der Waals surface area contributed by atoms with Crippen molar-refractivity contribution >= 4 is 24.2 Å². The van der Waals surface area contributed by atoms with Crippen molar-refractivity contribution in [3.63, 3.8) is 0 Å². The first kappa shape index (κ1) is 31.7. The highest BCUT2D eigenvalue weighted by Gasteiger charge is 2.36. The van der Waals surface area contributed by atoms with E-state index in [2.05, 4.69) is 0 Å². The molecule has 0 aliphatic heterocycles. The van der Waals surface area contributed by atoms with E-state index in [4.69, 9.17) is 34.2 Å². The zero-order chi connectivity index (χ0) is 28.2. The van der Waals surface area contributed by atoms with Crippen molar-refractivity contribution in [3.05, 3.63) is 23.8 Å². The summed E-state index contributed by atoms with van der Waals surface area (Å²) in [6.45, 7) is 11.0. The fraction of sp³-hybridized carbons (Fsp3) is 0.615. The molecule has 11 nitrogen and oxygen atoms in total. The summed E-state index contributed by atoms with van der Waals surface area (Å²) in [4.78, 5) is 48.6. The minimum atomic E-state index is -1.56. The molecule has 0 bridgehead atoms. The van der Waals surface area contributed by atoms with E-state index in [1.54, 1.807) is 19.9 Å².